The van der Waals surface area contributed by atoms with Crippen LogP contribution in [0.2, 0.25) is 0 Å². The van der Waals surface area contributed by atoms with Crippen LogP contribution in [0.4, 0.5) is 0 Å². The Hall–Kier alpha value is -4.19. The lowest BCUT2D eigenvalue weighted by atomic mass is 10.0. The molecule has 1 atom stereocenters. The molecule has 3 N–H and O–H groups in total. The van der Waals surface area contributed by atoms with E-state index in [-0.39, 0.29) is 23.4 Å². The second kappa shape index (κ2) is 9.93. The molecule has 5 rings (SSSR count). The van der Waals surface area contributed by atoms with Gasteiger partial charge in [-0.3, -0.25) is 19.9 Å². The number of nitrogens with one attached hydrogen (secondary N) is 2. The fourth-order valence-corrected chi connectivity index (χ4v) is 6.31. The molecule has 38 heavy (non-hydrogen) atoms. The summed E-state index contributed by atoms with van der Waals surface area (Å²) in [7, 11) is -4.24. The molecule has 4 aromatic rings. The molecule has 0 bridgehead atoms. The molecule has 0 aliphatic carbocycles. The number of aromatic nitrogens is 2. The van der Waals surface area contributed by atoms with Crippen LogP contribution in [0.5, 0.6) is 11.5 Å². The van der Waals surface area contributed by atoms with Gasteiger partial charge in [0.1, 0.15) is 17.5 Å². The Morgan fingerprint density at radius 1 is 1.00 bits per heavy atom. The minimum atomic E-state index is -4.24. The van der Waals surface area contributed by atoms with Gasteiger partial charge in [0.05, 0.1) is 16.1 Å². The van der Waals surface area contributed by atoms with Gasteiger partial charge in [-0.15, -0.1) is 0 Å². The van der Waals surface area contributed by atoms with Gasteiger partial charge >= 0.3 is 0 Å². The van der Waals surface area contributed by atoms with Crippen molar-refractivity contribution in [1.29, 1.82) is 0 Å². The molecular formula is C27H26N4O6S. The van der Waals surface area contributed by atoms with Gasteiger partial charge in [0, 0.05) is 18.7 Å². The summed E-state index contributed by atoms with van der Waals surface area (Å²) < 4.78 is 35.4. The number of amides is 1. The largest absolute Gasteiger partial charge is 0.457 e. The second-order valence-electron chi connectivity index (χ2n) is 9.12. The third kappa shape index (κ3) is 4.62. The molecule has 1 aliphatic rings. The number of nitrogens with zero attached hydrogens (tertiary/aromatic N) is 2. The molecule has 1 amide bonds. The van der Waals surface area contributed by atoms with E-state index in [1.165, 1.54) is 34.4 Å². The quantitative estimate of drug-likeness (QED) is 0.257. The zero-order valence-corrected chi connectivity index (χ0v) is 21.5. The van der Waals surface area contributed by atoms with E-state index in [2.05, 4.69) is 5.10 Å². The van der Waals surface area contributed by atoms with Crippen molar-refractivity contribution in [1.82, 2.24) is 19.6 Å². The molecular weight excluding hydrogens is 508 g/mol. The number of carbonyl (C=O) groups is 1. The summed E-state index contributed by atoms with van der Waals surface area (Å²) in [5, 5.41) is 12.4. The highest BCUT2D eigenvalue weighted by Crippen LogP contribution is 2.33. The molecule has 10 nitrogen and oxygen atoms in total. The van der Waals surface area contributed by atoms with Crippen molar-refractivity contribution in [3.05, 3.63) is 106 Å². The van der Waals surface area contributed by atoms with Crippen LogP contribution < -0.4 is 15.8 Å². The van der Waals surface area contributed by atoms with Gasteiger partial charge < -0.3 is 4.74 Å². The van der Waals surface area contributed by atoms with Crippen molar-refractivity contribution in [2.45, 2.75) is 31.2 Å². The van der Waals surface area contributed by atoms with Crippen LogP contribution in [0.25, 0.3) is 5.69 Å². The van der Waals surface area contributed by atoms with Gasteiger partial charge in [-0.2, -0.15) is 4.31 Å². The molecule has 1 aliphatic heterocycles. The Kier molecular flexibility index (Phi) is 6.66. The molecule has 0 saturated carbocycles. The maximum Gasteiger partial charge on any atom is 0.276 e. The first-order valence-corrected chi connectivity index (χ1v) is 13.3. The normalized spacial score (nSPS) is 15.6. The number of aromatic amines is 1. The summed E-state index contributed by atoms with van der Waals surface area (Å²) >= 11 is 0. The van der Waals surface area contributed by atoms with Crippen LogP contribution in [-0.4, -0.2) is 40.2 Å². The van der Waals surface area contributed by atoms with E-state index in [1.807, 2.05) is 32.0 Å². The first kappa shape index (κ1) is 25.5. The predicted octanol–water partition coefficient (Wildman–Crippen LogP) is 3.37. The number of carbonyl (C=O) groups excluding carboxylic acids is 1. The summed E-state index contributed by atoms with van der Waals surface area (Å²) in [5.41, 5.74) is 3.94. The topological polar surface area (TPSA) is 134 Å². The molecule has 1 unspecified atom stereocenters. The molecule has 196 valence electrons. The van der Waals surface area contributed by atoms with Gasteiger partial charge in [-0.05, 0) is 73.5 Å². The molecule has 2 heterocycles. The number of hydroxylamine groups is 1. The number of ether oxygens (including phenoxy) is 1. The first-order valence-electron chi connectivity index (χ1n) is 11.9. The second-order valence-corrected chi connectivity index (χ2v) is 11.0. The van der Waals surface area contributed by atoms with Crippen LogP contribution in [0, 0.1) is 13.8 Å². The van der Waals surface area contributed by atoms with E-state index in [1.54, 1.807) is 30.3 Å². The summed E-state index contributed by atoms with van der Waals surface area (Å²) in [6.45, 7) is 3.83. The lowest BCUT2D eigenvalue weighted by Gasteiger charge is -2.32. The SMILES string of the molecule is Cc1cc(C)cc(Oc2ccc(S(=O)(=O)N3CCc4[nH]n(-c5ccccc5)c(=O)c4C3C(=O)NO)cc2)c1. The van der Waals surface area contributed by atoms with Crippen molar-refractivity contribution < 1.29 is 23.2 Å². The van der Waals surface area contributed by atoms with Gasteiger partial charge in [-0.25, -0.2) is 18.6 Å². The summed E-state index contributed by atoms with van der Waals surface area (Å²) in [6.07, 6.45) is 0.173. The number of fused-ring (bicyclic) bond motifs is 1. The number of hydrogen-bond acceptors (Lipinski definition) is 6. The summed E-state index contributed by atoms with van der Waals surface area (Å²) in [5.74, 6) is 0.0417. The average Bonchev–Trinajstić information content (AvgIpc) is 3.24. The van der Waals surface area contributed by atoms with Crippen molar-refractivity contribution in [2.24, 2.45) is 0 Å². The lowest BCUT2D eigenvalue weighted by Crippen LogP contribution is -2.48. The number of para-hydroxylation sites is 1. The van der Waals surface area contributed by atoms with E-state index >= 15 is 0 Å². The maximum absolute atomic E-state index is 13.7. The number of hydrogen-bond donors (Lipinski definition) is 3. The Bertz CT molecular complexity index is 1640. The highest BCUT2D eigenvalue weighted by atomic mass is 32.2. The monoisotopic (exact) mass is 534 g/mol. The van der Waals surface area contributed by atoms with Crippen molar-refractivity contribution in [3.8, 4) is 17.2 Å². The highest BCUT2D eigenvalue weighted by Gasteiger charge is 2.43. The Labute approximate surface area is 219 Å². The van der Waals surface area contributed by atoms with Gasteiger partial charge in [0.2, 0.25) is 10.0 Å². The number of H-pyrrole nitrogens is 1. The van der Waals surface area contributed by atoms with Gasteiger partial charge in [0.15, 0.2) is 0 Å². The molecule has 0 saturated heterocycles. The first-order chi connectivity index (χ1) is 18.2. The van der Waals surface area contributed by atoms with Gasteiger partial charge in [-0.1, -0.05) is 24.3 Å². The van der Waals surface area contributed by atoms with Crippen LogP contribution in [-0.2, 0) is 21.2 Å². The standard InChI is InChI=1S/C27H26N4O6S/c1-17-14-18(2)16-21(15-17)37-20-8-10-22(11-9-20)38(35,36)30-13-12-23-24(25(30)26(32)29-34)27(33)31(28-23)19-6-4-3-5-7-19/h3-11,14-16,25,28,34H,12-13H2,1-2H3,(H,29,32). The van der Waals surface area contributed by atoms with Crippen LogP contribution in [0.3, 0.4) is 0 Å². The molecule has 3 aromatic carbocycles. The number of rotatable bonds is 6. The van der Waals surface area contributed by atoms with Crippen LogP contribution in [0.15, 0.2) is 82.5 Å². The third-order valence-corrected chi connectivity index (χ3v) is 8.26. The van der Waals surface area contributed by atoms with E-state index < -0.39 is 27.5 Å². The van der Waals surface area contributed by atoms with Crippen LogP contribution >= 0.6 is 0 Å². The number of sulfonamides is 1. The molecule has 11 heteroatoms. The van der Waals surface area contributed by atoms with E-state index in [0.717, 1.165) is 15.4 Å². The summed E-state index contributed by atoms with van der Waals surface area (Å²) in [4.78, 5) is 26.1. The minimum absolute atomic E-state index is 0.0370. The van der Waals surface area contributed by atoms with Crippen LogP contribution in [0.1, 0.15) is 28.4 Å². The minimum Gasteiger partial charge on any atom is -0.457 e. The highest BCUT2D eigenvalue weighted by molar-refractivity contribution is 7.89. The zero-order valence-electron chi connectivity index (χ0n) is 20.7. The Morgan fingerprint density at radius 2 is 1.66 bits per heavy atom. The van der Waals surface area contributed by atoms with Crippen molar-refractivity contribution in [3.63, 3.8) is 0 Å². The molecule has 1 aromatic heterocycles. The molecule has 0 radical (unpaired) electrons. The lowest BCUT2D eigenvalue weighted by molar-refractivity contribution is -0.133. The Morgan fingerprint density at radius 3 is 2.29 bits per heavy atom. The number of aryl methyl sites for hydroxylation is 2. The fourth-order valence-electron chi connectivity index (χ4n) is 4.75. The van der Waals surface area contributed by atoms with Gasteiger partial charge in [0.25, 0.3) is 11.5 Å². The van der Waals surface area contributed by atoms with E-state index in [4.69, 9.17) is 4.74 Å². The Balaban J connectivity index is 1.49. The predicted molar refractivity (Wildman–Crippen MR) is 139 cm³/mol. The average molecular weight is 535 g/mol. The van der Waals surface area contributed by atoms with Crippen molar-refractivity contribution in [2.75, 3.05) is 6.54 Å². The van der Waals surface area contributed by atoms with E-state index in [9.17, 15) is 23.2 Å². The zero-order chi connectivity index (χ0) is 27.0. The molecule has 0 spiro atoms. The fraction of sp³-hybridized carbons (Fsp3) is 0.185. The third-order valence-electron chi connectivity index (χ3n) is 6.38. The smallest absolute Gasteiger partial charge is 0.276 e. The maximum atomic E-state index is 13.7. The molecule has 0 fully saturated rings. The summed E-state index contributed by atoms with van der Waals surface area (Å²) in [6, 6.07) is 18.8. The van der Waals surface area contributed by atoms with E-state index in [0.29, 0.717) is 22.9 Å². The van der Waals surface area contributed by atoms with Crippen molar-refractivity contribution >= 4 is 15.9 Å². The number of benzene rings is 3.